The Bertz CT molecular complexity index is 1280. The number of halogens is 1. The maximum atomic E-state index is 14.5. The van der Waals surface area contributed by atoms with E-state index in [9.17, 15) is 12.8 Å². The van der Waals surface area contributed by atoms with Crippen molar-refractivity contribution in [3.05, 3.63) is 66.4 Å². The molecule has 0 fully saturated rings. The summed E-state index contributed by atoms with van der Waals surface area (Å²) < 4.78 is 39.3. The molecule has 9 heteroatoms. The first kappa shape index (κ1) is 17.3. The average molecular weight is 383 g/mol. The van der Waals surface area contributed by atoms with Crippen molar-refractivity contribution in [1.82, 2.24) is 19.7 Å². The summed E-state index contributed by atoms with van der Waals surface area (Å²) >= 11 is 0. The van der Waals surface area contributed by atoms with E-state index < -0.39 is 15.8 Å². The molecule has 0 amide bonds. The standard InChI is InChI=1S/C18H14FN5O2S/c1-11-22-18(14-10-13(27(20,25)26)7-8-15(14)19)24(23-11)16-6-2-4-12-5-3-9-21-17(12)16/h2-10H,1H3,(H2,20,25,26). The lowest BCUT2D eigenvalue weighted by Gasteiger charge is -2.10. The highest BCUT2D eigenvalue weighted by Crippen LogP contribution is 2.28. The molecule has 0 atom stereocenters. The van der Waals surface area contributed by atoms with Crippen LogP contribution in [0.3, 0.4) is 0 Å². The molecule has 4 rings (SSSR count). The van der Waals surface area contributed by atoms with Gasteiger partial charge in [0.15, 0.2) is 5.82 Å². The predicted octanol–water partition coefficient (Wildman–Crippen LogP) is 2.58. The smallest absolute Gasteiger partial charge is 0.238 e. The summed E-state index contributed by atoms with van der Waals surface area (Å²) in [7, 11) is -3.99. The van der Waals surface area contributed by atoms with Gasteiger partial charge in [-0.15, -0.1) is 0 Å². The van der Waals surface area contributed by atoms with Crippen molar-refractivity contribution in [1.29, 1.82) is 0 Å². The van der Waals surface area contributed by atoms with Crippen LogP contribution in [0.1, 0.15) is 5.82 Å². The van der Waals surface area contributed by atoms with Crippen molar-refractivity contribution >= 4 is 20.9 Å². The minimum absolute atomic E-state index is 0.0185. The van der Waals surface area contributed by atoms with Gasteiger partial charge in [0.2, 0.25) is 10.0 Å². The van der Waals surface area contributed by atoms with Gasteiger partial charge in [-0.3, -0.25) is 4.98 Å². The van der Waals surface area contributed by atoms with Gasteiger partial charge in [-0.05, 0) is 37.3 Å². The van der Waals surface area contributed by atoms with Crippen LogP contribution in [0.5, 0.6) is 0 Å². The zero-order valence-corrected chi connectivity index (χ0v) is 15.0. The Kier molecular flexibility index (Phi) is 3.97. The van der Waals surface area contributed by atoms with Gasteiger partial charge in [0.25, 0.3) is 0 Å². The Morgan fingerprint density at radius 2 is 1.89 bits per heavy atom. The van der Waals surface area contributed by atoms with E-state index >= 15 is 0 Å². The lowest BCUT2D eigenvalue weighted by atomic mass is 10.1. The lowest BCUT2D eigenvalue weighted by Crippen LogP contribution is -2.12. The lowest BCUT2D eigenvalue weighted by molar-refractivity contribution is 0.596. The monoisotopic (exact) mass is 383 g/mol. The second-order valence-electron chi connectivity index (χ2n) is 5.93. The summed E-state index contributed by atoms with van der Waals surface area (Å²) in [5.41, 5.74) is 1.24. The number of sulfonamides is 1. The molecule has 4 aromatic rings. The summed E-state index contributed by atoms with van der Waals surface area (Å²) in [6, 6.07) is 12.5. The molecule has 0 spiro atoms. The van der Waals surface area contributed by atoms with Gasteiger partial charge < -0.3 is 0 Å². The van der Waals surface area contributed by atoms with Gasteiger partial charge in [0.05, 0.1) is 21.7 Å². The Morgan fingerprint density at radius 1 is 1.11 bits per heavy atom. The topological polar surface area (TPSA) is 104 Å². The number of hydrogen-bond donors (Lipinski definition) is 1. The first-order valence-electron chi connectivity index (χ1n) is 7.95. The number of primary sulfonamides is 1. The zero-order chi connectivity index (χ0) is 19.2. The van der Waals surface area contributed by atoms with Crippen LogP contribution < -0.4 is 5.14 Å². The molecule has 136 valence electrons. The summed E-state index contributed by atoms with van der Waals surface area (Å²) in [6.07, 6.45) is 1.65. The average Bonchev–Trinajstić information content (AvgIpc) is 3.02. The van der Waals surface area contributed by atoms with Gasteiger partial charge in [0, 0.05) is 11.6 Å². The molecular weight excluding hydrogens is 369 g/mol. The van der Waals surface area contributed by atoms with E-state index in [1.807, 2.05) is 24.3 Å². The normalized spacial score (nSPS) is 11.8. The second-order valence-corrected chi connectivity index (χ2v) is 7.49. The molecule has 27 heavy (non-hydrogen) atoms. The minimum Gasteiger partial charge on any atom is -0.254 e. The van der Waals surface area contributed by atoms with Crippen molar-refractivity contribution in [2.75, 3.05) is 0 Å². The Hall–Kier alpha value is -3.17. The van der Waals surface area contributed by atoms with Crippen molar-refractivity contribution in [3.63, 3.8) is 0 Å². The first-order chi connectivity index (χ1) is 12.8. The van der Waals surface area contributed by atoms with Crippen molar-refractivity contribution in [2.45, 2.75) is 11.8 Å². The van der Waals surface area contributed by atoms with Gasteiger partial charge in [-0.25, -0.2) is 27.6 Å². The second kappa shape index (κ2) is 6.22. The Labute approximate surface area is 154 Å². The third kappa shape index (κ3) is 3.07. The van der Waals surface area contributed by atoms with Crippen LogP contribution in [-0.4, -0.2) is 28.2 Å². The molecule has 0 unspecified atom stereocenters. The summed E-state index contributed by atoms with van der Waals surface area (Å²) in [5, 5.41) is 10.4. The van der Waals surface area contributed by atoms with E-state index in [2.05, 4.69) is 15.1 Å². The molecule has 2 aromatic heterocycles. The van der Waals surface area contributed by atoms with Crippen LogP contribution in [0.15, 0.2) is 59.6 Å². The van der Waals surface area contributed by atoms with Crippen molar-refractivity contribution < 1.29 is 12.8 Å². The molecule has 2 heterocycles. The SMILES string of the molecule is Cc1nc(-c2cc(S(N)(=O)=O)ccc2F)n(-c2cccc3cccnc23)n1. The van der Waals surface area contributed by atoms with Gasteiger partial charge >= 0.3 is 0 Å². The van der Waals surface area contributed by atoms with Crippen LogP contribution in [0.2, 0.25) is 0 Å². The Morgan fingerprint density at radius 3 is 2.67 bits per heavy atom. The number of nitrogens with two attached hydrogens (primary N) is 1. The number of aromatic nitrogens is 4. The number of aryl methyl sites for hydroxylation is 1. The maximum absolute atomic E-state index is 14.5. The van der Waals surface area contributed by atoms with Crippen molar-refractivity contribution in [2.24, 2.45) is 5.14 Å². The zero-order valence-electron chi connectivity index (χ0n) is 14.2. The molecular formula is C18H14FN5O2S. The minimum atomic E-state index is -3.99. The molecule has 0 aliphatic carbocycles. The fourth-order valence-corrected chi connectivity index (χ4v) is 3.41. The van der Waals surface area contributed by atoms with E-state index in [1.54, 1.807) is 19.2 Å². The fraction of sp³-hybridized carbons (Fsp3) is 0.0556. The fourth-order valence-electron chi connectivity index (χ4n) is 2.87. The molecule has 0 bridgehead atoms. The first-order valence-corrected chi connectivity index (χ1v) is 9.50. The van der Waals surface area contributed by atoms with Crippen LogP contribution in [0.4, 0.5) is 4.39 Å². The quantitative estimate of drug-likeness (QED) is 0.586. The van der Waals surface area contributed by atoms with Gasteiger partial charge in [-0.1, -0.05) is 18.2 Å². The third-order valence-electron chi connectivity index (χ3n) is 4.06. The molecule has 0 aliphatic heterocycles. The highest BCUT2D eigenvalue weighted by Gasteiger charge is 2.20. The number of benzene rings is 2. The largest absolute Gasteiger partial charge is 0.254 e. The van der Waals surface area contributed by atoms with Crippen LogP contribution >= 0.6 is 0 Å². The number of pyridine rings is 1. The Balaban J connectivity index is 2.01. The van der Waals surface area contributed by atoms with Crippen LogP contribution in [0.25, 0.3) is 28.0 Å². The van der Waals surface area contributed by atoms with E-state index in [0.717, 1.165) is 23.6 Å². The molecule has 0 saturated carbocycles. The van der Waals surface area contributed by atoms with Crippen molar-refractivity contribution in [3.8, 4) is 17.1 Å². The van der Waals surface area contributed by atoms with Gasteiger partial charge in [-0.2, -0.15) is 5.10 Å². The third-order valence-corrected chi connectivity index (χ3v) is 4.97. The van der Waals surface area contributed by atoms with E-state index in [4.69, 9.17) is 5.14 Å². The predicted molar refractivity (Wildman–Crippen MR) is 98.2 cm³/mol. The molecule has 0 saturated heterocycles. The molecule has 2 aromatic carbocycles. The highest BCUT2D eigenvalue weighted by molar-refractivity contribution is 7.89. The molecule has 2 N–H and O–H groups in total. The summed E-state index contributed by atoms with van der Waals surface area (Å²) in [4.78, 5) is 8.47. The number of rotatable bonds is 3. The molecule has 0 aliphatic rings. The van der Waals surface area contributed by atoms with E-state index in [0.29, 0.717) is 17.0 Å². The van der Waals surface area contributed by atoms with Crippen LogP contribution in [0, 0.1) is 12.7 Å². The highest BCUT2D eigenvalue weighted by atomic mass is 32.2. The summed E-state index contributed by atoms with van der Waals surface area (Å²) in [6.45, 7) is 1.67. The molecule has 7 nitrogen and oxygen atoms in total. The van der Waals surface area contributed by atoms with E-state index in [-0.39, 0.29) is 16.3 Å². The number of fused-ring (bicyclic) bond motifs is 1. The van der Waals surface area contributed by atoms with Gasteiger partial charge in [0.1, 0.15) is 11.6 Å². The molecule has 0 radical (unpaired) electrons. The number of nitrogens with zero attached hydrogens (tertiary/aromatic N) is 4. The number of hydrogen-bond acceptors (Lipinski definition) is 5. The maximum Gasteiger partial charge on any atom is 0.238 e. The van der Waals surface area contributed by atoms with Crippen LogP contribution in [-0.2, 0) is 10.0 Å². The van der Waals surface area contributed by atoms with E-state index in [1.165, 1.54) is 4.68 Å². The summed E-state index contributed by atoms with van der Waals surface area (Å²) in [5.74, 6) is -0.0729. The number of para-hydroxylation sites is 1.